The van der Waals surface area contributed by atoms with Gasteiger partial charge in [-0.2, -0.15) is 0 Å². The summed E-state index contributed by atoms with van der Waals surface area (Å²) in [5.41, 5.74) is -0.118. The molecule has 3 amide bonds. The van der Waals surface area contributed by atoms with Gasteiger partial charge in [0.15, 0.2) is 11.6 Å². The first-order valence-corrected chi connectivity index (χ1v) is 13.6. The summed E-state index contributed by atoms with van der Waals surface area (Å²) in [6, 6.07) is 8.87. The maximum atomic E-state index is 15.3. The van der Waals surface area contributed by atoms with E-state index in [1.54, 1.807) is 12.1 Å². The number of hydrogen-bond acceptors (Lipinski definition) is 4. The van der Waals surface area contributed by atoms with Crippen LogP contribution in [0.5, 0.6) is 0 Å². The standard InChI is InChI=1S/C26H22ClF3N3O4P/c1-13(34)15-4-3-5-17(24(15)38(2)37)16-7-9-21(23(30)22(16)29)33-11-10-20(25(33)35)32-26(36)31-19-8-6-14(27)12-18(19)28/h3-9,12-13,20,34H,10-11H2,1-2H3,(H-,31,32,36)/p+1/t13?,20-/m1/s1. The Hall–Kier alpha value is -3.46. The van der Waals surface area contributed by atoms with Gasteiger partial charge in [0.2, 0.25) is 11.2 Å². The molecule has 0 spiro atoms. The van der Waals surface area contributed by atoms with Gasteiger partial charge in [0.1, 0.15) is 18.5 Å². The lowest BCUT2D eigenvalue weighted by Crippen LogP contribution is -2.43. The number of rotatable bonds is 6. The fourth-order valence-electron chi connectivity index (χ4n) is 4.38. The summed E-state index contributed by atoms with van der Waals surface area (Å²) < 4.78 is 57.0. The number of nitrogens with zero attached hydrogens (tertiary/aromatic N) is 1. The van der Waals surface area contributed by atoms with E-state index in [9.17, 15) is 23.7 Å². The highest BCUT2D eigenvalue weighted by atomic mass is 35.5. The van der Waals surface area contributed by atoms with E-state index in [1.165, 1.54) is 43.9 Å². The molecule has 0 radical (unpaired) electrons. The van der Waals surface area contributed by atoms with E-state index in [1.807, 2.05) is 0 Å². The predicted molar refractivity (Wildman–Crippen MR) is 140 cm³/mol. The molecule has 2 unspecified atom stereocenters. The van der Waals surface area contributed by atoms with Crippen LogP contribution >= 0.6 is 19.4 Å². The molecule has 0 bridgehead atoms. The molecule has 3 N–H and O–H groups in total. The largest absolute Gasteiger partial charge is 0.389 e. The van der Waals surface area contributed by atoms with Crippen molar-refractivity contribution >= 4 is 48.0 Å². The van der Waals surface area contributed by atoms with Gasteiger partial charge in [-0.15, -0.1) is 0 Å². The Morgan fingerprint density at radius 3 is 2.53 bits per heavy atom. The lowest BCUT2D eigenvalue weighted by atomic mass is 9.99. The molecule has 3 aromatic rings. The van der Waals surface area contributed by atoms with Crippen molar-refractivity contribution in [3.05, 3.63) is 76.6 Å². The Labute approximate surface area is 222 Å². The van der Waals surface area contributed by atoms with Crippen LogP contribution in [-0.2, 0) is 9.36 Å². The van der Waals surface area contributed by atoms with Crippen LogP contribution in [0.15, 0.2) is 48.5 Å². The summed E-state index contributed by atoms with van der Waals surface area (Å²) in [5.74, 6) is -3.97. The molecule has 3 aromatic carbocycles. The lowest BCUT2D eigenvalue weighted by molar-refractivity contribution is -0.118. The van der Waals surface area contributed by atoms with Gasteiger partial charge < -0.3 is 20.6 Å². The number of anilines is 2. The average Bonchev–Trinajstić information content (AvgIpc) is 3.21. The smallest absolute Gasteiger partial charge is 0.374 e. The summed E-state index contributed by atoms with van der Waals surface area (Å²) in [7, 11) is -2.02. The SMILES string of the molecule is CC(O)c1cccc(-c2ccc(N3CC[C@@H](NC(=O)Nc4ccc(Cl)cc4F)C3=O)c(F)c2F)c1[P+](C)=O. The Kier molecular flexibility index (Phi) is 8.06. The van der Waals surface area contributed by atoms with Gasteiger partial charge >= 0.3 is 13.8 Å². The fraction of sp³-hybridized carbons (Fsp3) is 0.231. The van der Waals surface area contributed by atoms with Gasteiger partial charge in [0, 0.05) is 28.3 Å². The van der Waals surface area contributed by atoms with E-state index in [4.69, 9.17) is 11.6 Å². The lowest BCUT2D eigenvalue weighted by Gasteiger charge is -2.19. The number of carbonyl (C=O) groups is 2. The first-order chi connectivity index (χ1) is 18.0. The molecule has 1 aliphatic rings. The van der Waals surface area contributed by atoms with Crippen LogP contribution in [0.3, 0.4) is 0 Å². The van der Waals surface area contributed by atoms with Crippen LogP contribution in [0.4, 0.5) is 29.3 Å². The Morgan fingerprint density at radius 2 is 1.87 bits per heavy atom. The number of benzene rings is 3. The highest BCUT2D eigenvalue weighted by Crippen LogP contribution is 2.35. The van der Waals surface area contributed by atoms with Crippen molar-refractivity contribution in [3.8, 4) is 11.1 Å². The molecule has 0 aliphatic carbocycles. The number of halogens is 4. The second-order valence-corrected chi connectivity index (χ2v) is 10.6. The third-order valence-corrected chi connectivity index (χ3v) is 7.53. The highest BCUT2D eigenvalue weighted by Gasteiger charge is 2.36. The zero-order valence-electron chi connectivity index (χ0n) is 20.3. The number of nitrogens with one attached hydrogen (secondary N) is 2. The summed E-state index contributed by atoms with van der Waals surface area (Å²) in [5, 5.41) is 15.1. The summed E-state index contributed by atoms with van der Waals surface area (Å²) in [4.78, 5) is 26.3. The van der Waals surface area contributed by atoms with Crippen LogP contribution in [0.25, 0.3) is 11.1 Å². The summed E-state index contributed by atoms with van der Waals surface area (Å²) in [6.07, 6.45) is -0.870. The van der Waals surface area contributed by atoms with Crippen molar-refractivity contribution in [2.45, 2.75) is 25.5 Å². The Morgan fingerprint density at radius 1 is 1.13 bits per heavy atom. The zero-order chi connectivity index (χ0) is 27.7. The quantitative estimate of drug-likeness (QED) is 0.345. The number of hydrogen-bond donors (Lipinski definition) is 3. The topological polar surface area (TPSA) is 98.7 Å². The third-order valence-electron chi connectivity index (χ3n) is 6.17. The van der Waals surface area contributed by atoms with Gasteiger partial charge in [-0.1, -0.05) is 28.3 Å². The normalized spacial score (nSPS) is 16.4. The molecule has 198 valence electrons. The molecule has 1 fully saturated rings. The molecule has 1 aliphatic heterocycles. The van der Waals surface area contributed by atoms with E-state index in [-0.39, 0.29) is 45.8 Å². The molecule has 0 aromatic heterocycles. The van der Waals surface area contributed by atoms with Crippen molar-refractivity contribution in [2.24, 2.45) is 0 Å². The minimum atomic E-state index is -2.02. The molecule has 4 rings (SSSR count). The number of amides is 3. The van der Waals surface area contributed by atoms with Gasteiger partial charge in [0.25, 0.3) is 0 Å². The van der Waals surface area contributed by atoms with E-state index in [0.29, 0.717) is 5.56 Å². The van der Waals surface area contributed by atoms with E-state index < -0.39 is 49.3 Å². The predicted octanol–water partition coefficient (Wildman–Crippen LogP) is 5.49. The third kappa shape index (κ3) is 5.38. The van der Waals surface area contributed by atoms with Gasteiger partial charge in [-0.05, 0) is 49.7 Å². The Bertz CT molecular complexity index is 1450. The number of aliphatic hydroxyl groups is 1. The molecular weight excluding hydrogens is 542 g/mol. The number of urea groups is 1. The Balaban J connectivity index is 1.56. The molecule has 1 heterocycles. The fourth-order valence-corrected chi connectivity index (χ4v) is 5.70. The molecular formula is C26H23ClF3N3O4P+. The van der Waals surface area contributed by atoms with Gasteiger partial charge in [-0.25, -0.2) is 18.0 Å². The number of aliphatic hydroxyl groups excluding tert-OH is 1. The maximum absolute atomic E-state index is 15.3. The minimum Gasteiger partial charge on any atom is -0.389 e. The summed E-state index contributed by atoms with van der Waals surface area (Å²) in [6.45, 7) is 2.89. The van der Waals surface area contributed by atoms with Gasteiger partial charge in [-0.3, -0.25) is 4.79 Å². The van der Waals surface area contributed by atoms with E-state index >= 15 is 8.78 Å². The summed E-state index contributed by atoms with van der Waals surface area (Å²) >= 11 is 5.69. The van der Waals surface area contributed by atoms with Crippen LogP contribution in [0, 0.1) is 17.5 Å². The maximum Gasteiger partial charge on any atom is 0.374 e. The monoisotopic (exact) mass is 564 g/mol. The van der Waals surface area contributed by atoms with Crippen molar-refractivity contribution in [1.82, 2.24) is 5.32 Å². The second-order valence-electron chi connectivity index (χ2n) is 8.73. The first kappa shape index (κ1) is 27.6. The average molecular weight is 565 g/mol. The first-order valence-electron chi connectivity index (χ1n) is 11.5. The van der Waals surface area contributed by atoms with Crippen LogP contribution < -0.4 is 20.8 Å². The molecule has 12 heteroatoms. The van der Waals surface area contributed by atoms with E-state index in [2.05, 4.69) is 10.6 Å². The van der Waals surface area contributed by atoms with Crippen LogP contribution in [-0.4, -0.2) is 36.3 Å². The molecule has 3 atom stereocenters. The zero-order valence-corrected chi connectivity index (χ0v) is 21.9. The minimum absolute atomic E-state index is 0.00161. The van der Waals surface area contributed by atoms with Crippen molar-refractivity contribution in [2.75, 3.05) is 23.4 Å². The second kappa shape index (κ2) is 11.1. The van der Waals surface area contributed by atoms with Crippen LogP contribution in [0.1, 0.15) is 25.0 Å². The van der Waals surface area contributed by atoms with E-state index in [0.717, 1.165) is 11.0 Å². The van der Waals surface area contributed by atoms with Crippen molar-refractivity contribution in [1.29, 1.82) is 0 Å². The molecule has 1 saturated heterocycles. The molecule has 0 saturated carbocycles. The van der Waals surface area contributed by atoms with Crippen LogP contribution in [0.2, 0.25) is 5.02 Å². The highest BCUT2D eigenvalue weighted by molar-refractivity contribution is 7.53. The molecule has 38 heavy (non-hydrogen) atoms. The number of carbonyl (C=O) groups excluding carboxylic acids is 2. The van der Waals surface area contributed by atoms with Crippen molar-refractivity contribution in [3.63, 3.8) is 0 Å². The molecule has 7 nitrogen and oxygen atoms in total. The van der Waals surface area contributed by atoms with Gasteiger partial charge in [0.05, 0.1) is 17.5 Å². The van der Waals surface area contributed by atoms with Crippen molar-refractivity contribution < 1.29 is 32.4 Å².